The number of aliphatic hydroxyl groups excluding tert-OH is 1. The summed E-state index contributed by atoms with van der Waals surface area (Å²) in [5, 5.41) is 14.7. The smallest absolute Gasteiger partial charge is 0.262 e. The van der Waals surface area contributed by atoms with E-state index in [-0.39, 0.29) is 24.0 Å². The molecule has 1 unspecified atom stereocenters. The van der Waals surface area contributed by atoms with Gasteiger partial charge in [0, 0.05) is 23.2 Å². The Labute approximate surface area is 199 Å². The van der Waals surface area contributed by atoms with Gasteiger partial charge >= 0.3 is 0 Å². The normalized spacial score (nSPS) is 12.9. The van der Waals surface area contributed by atoms with Crippen LogP contribution in [0, 0.1) is 0 Å². The number of halogens is 1. The average molecular weight is 513 g/mol. The van der Waals surface area contributed by atoms with Crippen LogP contribution in [0.5, 0.6) is 0 Å². The zero-order valence-electron chi connectivity index (χ0n) is 18.7. The molecule has 0 aliphatic rings. The fourth-order valence-corrected chi connectivity index (χ4v) is 8.95. The zero-order chi connectivity index (χ0) is 23.2. The second kappa shape index (κ2) is 10.6. The van der Waals surface area contributed by atoms with Gasteiger partial charge in [-0.25, -0.2) is 0 Å². The summed E-state index contributed by atoms with van der Waals surface area (Å²) in [5.74, 6) is -0.255. The standard InChI is InChI=1S/C26H30BrNO3Si/c1-26(2,3)32(22-10-6-4-7-11-22,23-12-8-5-9-13-23)31-24(18-19-29)25(30)28-21-16-14-20(27)15-17-21/h4-17,24,29H,18-19H2,1-3H3,(H,28,30). The van der Waals surface area contributed by atoms with Gasteiger partial charge in [0.05, 0.1) is 0 Å². The summed E-state index contributed by atoms with van der Waals surface area (Å²) in [6.45, 7) is 6.36. The Balaban J connectivity index is 2.06. The molecule has 0 aromatic heterocycles. The largest absolute Gasteiger partial charge is 0.396 e. The fraction of sp³-hybridized carbons (Fsp3) is 0.269. The maximum atomic E-state index is 13.3. The van der Waals surface area contributed by atoms with Crippen molar-refractivity contribution in [2.24, 2.45) is 0 Å². The SMILES string of the molecule is CC(C)(C)[Si](OC(CCO)C(=O)Nc1ccc(Br)cc1)(c1ccccc1)c1ccccc1. The molecule has 0 aliphatic carbocycles. The lowest BCUT2D eigenvalue weighted by Crippen LogP contribution is -2.68. The van der Waals surface area contributed by atoms with Crippen LogP contribution in [0.1, 0.15) is 27.2 Å². The van der Waals surface area contributed by atoms with Crippen molar-refractivity contribution < 1.29 is 14.3 Å². The van der Waals surface area contributed by atoms with E-state index in [9.17, 15) is 9.90 Å². The number of carbonyl (C=O) groups excluding carboxylic acids is 1. The third-order valence-corrected chi connectivity index (χ3v) is 11.1. The van der Waals surface area contributed by atoms with Crippen LogP contribution in [-0.4, -0.2) is 32.0 Å². The van der Waals surface area contributed by atoms with Crippen LogP contribution in [0.2, 0.25) is 5.04 Å². The van der Waals surface area contributed by atoms with Crippen molar-refractivity contribution in [2.75, 3.05) is 11.9 Å². The highest BCUT2D eigenvalue weighted by atomic mass is 79.9. The number of rotatable bonds is 8. The van der Waals surface area contributed by atoms with Crippen molar-refractivity contribution in [2.45, 2.75) is 38.3 Å². The van der Waals surface area contributed by atoms with Crippen LogP contribution >= 0.6 is 15.9 Å². The lowest BCUT2D eigenvalue weighted by Gasteiger charge is -2.44. The Kier molecular flexibility index (Phi) is 8.06. The van der Waals surface area contributed by atoms with Crippen molar-refractivity contribution in [1.29, 1.82) is 0 Å². The number of aliphatic hydroxyl groups is 1. The quantitative estimate of drug-likeness (QED) is 0.430. The minimum Gasteiger partial charge on any atom is -0.396 e. The van der Waals surface area contributed by atoms with Gasteiger partial charge in [-0.1, -0.05) is 97.4 Å². The summed E-state index contributed by atoms with van der Waals surface area (Å²) >= 11 is 3.41. The van der Waals surface area contributed by atoms with Crippen molar-refractivity contribution in [3.8, 4) is 0 Å². The highest BCUT2D eigenvalue weighted by Gasteiger charge is 2.52. The van der Waals surface area contributed by atoms with Gasteiger partial charge in [-0.15, -0.1) is 0 Å². The maximum absolute atomic E-state index is 13.3. The molecule has 168 valence electrons. The Morgan fingerprint density at radius 1 is 0.938 bits per heavy atom. The summed E-state index contributed by atoms with van der Waals surface area (Å²) in [5.41, 5.74) is 0.687. The molecule has 6 heteroatoms. The monoisotopic (exact) mass is 511 g/mol. The van der Waals surface area contributed by atoms with Crippen molar-refractivity contribution >= 4 is 46.2 Å². The van der Waals surface area contributed by atoms with Crippen molar-refractivity contribution in [3.63, 3.8) is 0 Å². The van der Waals surface area contributed by atoms with Gasteiger partial charge in [-0.3, -0.25) is 4.79 Å². The molecule has 0 bridgehead atoms. The van der Waals surface area contributed by atoms with Gasteiger partial charge in [-0.2, -0.15) is 0 Å². The van der Waals surface area contributed by atoms with Crippen LogP contribution in [-0.2, 0) is 9.22 Å². The molecule has 0 saturated carbocycles. The molecular weight excluding hydrogens is 482 g/mol. The minimum atomic E-state index is -2.92. The summed E-state index contributed by atoms with van der Waals surface area (Å²) in [4.78, 5) is 13.3. The average Bonchev–Trinajstić information content (AvgIpc) is 2.78. The Morgan fingerprint density at radius 3 is 1.88 bits per heavy atom. The molecule has 1 atom stereocenters. The number of hydrogen-bond donors (Lipinski definition) is 2. The topological polar surface area (TPSA) is 58.6 Å². The van der Waals surface area contributed by atoms with Crippen molar-refractivity contribution in [3.05, 3.63) is 89.4 Å². The molecular formula is C26H30BrNO3Si. The van der Waals surface area contributed by atoms with Gasteiger partial charge in [0.25, 0.3) is 14.2 Å². The molecule has 1 amide bonds. The zero-order valence-corrected chi connectivity index (χ0v) is 21.3. The van der Waals surface area contributed by atoms with E-state index in [2.05, 4.69) is 66.3 Å². The third kappa shape index (κ3) is 5.38. The lowest BCUT2D eigenvalue weighted by atomic mass is 10.2. The molecule has 3 aromatic carbocycles. The van der Waals surface area contributed by atoms with E-state index in [4.69, 9.17) is 4.43 Å². The molecule has 3 rings (SSSR count). The fourth-order valence-electron chi connectivity index (χ4n) is 4.02. The number of carbonyl (C=O) groups is 1. The molecule has 2 N–H and O–H groups in total. The predicted molar refractivity (Wildman–Crippen MR) is 137 cm³/mol. The van der Waals surface area contributed by atoms with Gasteiger partial charge in [-0.05, 0) is 39.7 Å². The van der Waals surface area contributed by atoms with Gasteiger partial charge in [0.1, 0.15) is 6.10 Å². The molecule has 3 aromatic rings. The minimum absolute atomic E-state index is 0.142. The third-order valence-electron chi connectivity index (χ3n) is 5.53. The van der Waals surface area contributed by atoms with Crippen molar-refractivity contribution in [1.82, 2.24) is 0 Å². The Bertz CT molecular complexity index is 965. The molecule has 0 saturated heterocycles. The molecule has 0 radical (unpaired) electrons. The van der Waals surface area contributed by atoms with Crippen LogP contribution in [0.25, 0.3) is 0 Å². The van der Waals surface area contributed by atoms with Gasteiger partial charge in [0.15, 0.2) is 0 Å². The summed E-state index contributed by atoms with van der Waals surface area (Å²) < 4.78 is 7.87. The summed E-state index contributed by atoms with van der Waals surface area (Å²) in [6.07, 6.45) is -0.581. The predicted octanol–water partition coefficient (Wildman–Crippen LogP) is 4.72. The Morgan fingerprint density at radius 2 is 1.44 bits per heavy atom. The maximum Gasteiger partial charge on any atom is 0.262 e. The first-order chi connectivity index (χ1) is 15.3. The second-order valence-corrected chi connectivity index (χ2v) is 13.9. The first-order valence-corrected chi connectivity index (χ1v) is 13.4. The van der Waals surface area contributed by atoms with E-state index < -0.39 is 14.4 Å². The van der Waals surface area contributed by atoms with Crippen LogP contribution in [0.4, 0.5) is 5.69 Å². The molecule has 0 spiro atoms. The first-order valence-electron chi connectivity index (χ1n) is 10.7. The lowest BCUT2D eigenvalue weighted by molar-refractivity contribution is -0.123. The van der Waals surface area contributed by atoms with E-state index in [1.54, 1.807) is 0 Å². The van der Waals surface area contributed by atoms with Crippen LogP contribution in [0.15, 0.2) is 89.4 Å². The first kappa shape index (κ1) is 24.4. The summed E-state index contributed by atoms with van der Waals surface area (Å²) in [6, 6.07) is 27.8. The van der Waals surface area contributed by atoms with E-state index in [1.165, 1.54) is 0 Å². The van der Waals surface area contributed by atoms with Gasteiger partial charge in [0.2, 0.25) is 0 Å². The molecule has 0 aliphatic heterocycles. The van der Waals surface area contributed by atoms with E-state index in [0.29, 0.717) is 5.69 Å². The van der Waals surface area contributed by atoms with E-state index >= 15 is 0 Å². The molecule has 0 fully saturated rings. The highest BCUT2D eigenvalue weighted by Crippen LogP contribution is 2.38. The highest BCUT2D eigenvalue weighted by molar-refractivity contribution is 9.10. The number of anilines is 1. The summed E-state index contributed by atoms with van der Waals surface area (Å²) in [7, 11) is -2.92. The molecule has 4 nitrogen and oxygen atoms in total. The van der Waals surface area contributed by atoms with E-state index in [0.717, 1.165) is 14.8 Å². The number of amides is 1. The Hall–Kier alpha value is -2.25. The van der Waals surface area contributed by atoms with Crippen LogP contribution < -0.4 is 15.7 Å². The van der Waals surface area contributed by atoms with E-state index in [1.807, 2.05) is 60.7 Å². The molecule has 0 heterocycles. The van der Waals surface area contributed by atoms with Crippen LogP contribution in [0.3, 0.4) is 0 Å². The number of nitrogens with one attached hydrogen (secondary N) is 1. The van der Waals surface area contributed by atoms with Gasteiger partial charge < -0.3 is 14.8 Å². The number of benzene rings is 3. The number of hydrogen-bond acceptors (Lipinski definition) is 3. The molecule has 32 heavy (non-hydrogen) atoms. The second-order valence-electron chi connectivity index (χ2n) is 8.78.